The molecule has 1 N–H and O–H groups in total. The molecule has 3 rings (SSSR count). The zero-order valence-corrected chi connectivity index (χ0v) is 14.2. The second-order valence-corrected chi connectivity index (χ2v) is 6.67. The van der Waals surface area contributed by atoms with E-state index in [4.69, 9.17) is 11.6 Å². The van der Waals surface area contributed by atoms with Gasteiger partial charge < -0.3 is 10.2 Å². The number of anilines is 1. The Kier molecular flexibility index (Phi) is 5.06. The normalized spacial score (nSPS) is 13.6. The zero-order valence-electron chi connectivity index (χ0n) is 12.6. The predicted molar refractivity (Wildman–Crippen MR) is 92.8 cm³/mol. The lowest BCUT2D eigenvalue weighted by Gasteiger charge is -2.28. The van der Waals surface area contributed by atoms with Crippen LogP contribution in [0.1, 0.15) is 5.56 Å². The summed E-state index contributed by atoms with van der Waals surface area (Å²) >= 11 is 7.40. The van der Waals surface area contributed by atoms with E-state index in [1.165, 1.54) is 34.9 Å². The maximum Gasteiger partial charge on any atom is 0.240 e. The molecule has 1 heterocycles. The van der Waals surface area contributed by atoms with Crippen LogP contribution in [0.25, 0.3) is 0 Å². The van der Waals surface area contributed by atoms with E-state index in [0.29, 0.717) is 11.3 Å². The van der Waals surface area contributed by atoms with Crippen LogP contribution in [0, 0.1) is 5.82 Å². The molecular weight excluding hydrogens is 351 g/mol. The lowest BCUT2D eigenvalue weighted by atomic mass is 10.2. The summed E-state index contributed by atoms with van der Waals surface area (Å²) in [5.41, 5.74) is 1.36. The highest BCUT2D eigenvalue weighted by Crippen LogP contribution is 2.34. The minimum atomic E-state index is -0.428. The molecule has 2 aromatic rings. The van der Waals surface area contributed by atoms with E-state index >= 15 is 0 Å². The maximum absolute atomic E-state index is 13.0. The summed E-state index contributed by atoms with van der Waals surface area (Å²) in [6, 6.07) is 11.5. The topological polar surface area (TPSA) is 49.4 Å². The summed E-state index contributed by atoms with van der Waals surface area (Å²) in [6.07, 6.45) is 0. The Morgan fingerprint density at radius 2 is 2.08 bits per heavy atom. The summed E-state index contributed by atoms with van der Waals surface area (Å²) in [7, 11) is 0. The van der Waals surface area contributed by atoms with Crippen molar-refractivity contribution in [1.29, 1.82) is 0 Å². The number of hydrogen-bond donors (Lipinski definition) is 1. The lowest BCUT2D eigenvalue weighted by Crippen LogP contribution is -2.43. The van der Waals surface area contributed by atoms with Crippen molar-refractivity contribution in [1.82, 2.24) is 5.32 Å². The van der Waals surface area contributed by atoms with Gasteiger partial charge in [0.1, 0.15) is 12.4 Å². The number of carbonyl (C=O) groups excluding carboxylic acids is 2. The summed E-state index contributed by atoms with van der Waals surface area (Å²) in [6.45, 7) is 0.117. The molecule has 7 heteroatoms. The van der Waals surface area contributed by atoms with Crippen molar-refractivity contribution in [2.24, 2.45) is 0 Å². The van der Waals surface area contributed by atoms with E-state index in [9.17, 15) is 14.0 Å². The molecule has 2 amide bonds. The molecule has 2 aromatic carbocycles. The van der Waals surface area contributed by atoms with Gasteiger partial charge in [0, 0.05) is 16.5 Å². The predicted octanol–water partition coefficient (Wildman–Crippen LogP) is 3.23. The van der Waals surface area contributed by atoms with Gasteiger partial charge in [0.05, 0.1) is 11.4 Å². The third-order valence-electron chi connectivity index (χ3n) is 3.60. The van der Waals surface area contributed by atoms with E-state index in [1.807, 2.05) is 24.3 Å². The first kappa shape index (κ1) is 16.8. The molecule has 1 aliphatic heterocycles. The van der Waals surface area contributed by atoms with Crippen LogP contribution in [-0.4, -0.2) is 24.1 Å². The molecule has 0 aliphatic carbocycles. The van der Waals surface area contributed by atoms with Crippen LogP contribution in [0.3, 0.4) is 0 Å². The number of thioether (sulfide) groups is 1. The van der Waals surface area contributed by atoms with Crippen molar-refractivity contribution in [2.75, 3.05) is 17.2 Å². The van der Waals surface area contributed by atoms with Crippen molar-refractivity contribution < 1.29 is 14.0 Å². The van der Waals surface area contributed by atoms with Crippen molar-refractivity contribution in [3.8, 4) is 0 Å². The van der Waals surface area contributed by atoms with Crippen LogP contribution < -0.4 is 10.2 Å². The Bertz CT molecular complexity index is 800. The van der Waals surface area contributed by atoms with Gasteiger partial charge in [-0.15, -0.1) is 11.8 Å². The molecule has 0 saturated carbocycles. The molecule has 24 heavy (non-hydrogen) atoms. The fraction of sp³-hybridized carbons (Fsp3) is 0.176. The highest BCUT2D eigenvalue weighted by molar-refractivity contribution is 8.00. The molecule has 0 aromatic heterocycles. The molecule has 0 spiro atoms. The SMILES string of the molecule is O=C(CN1C(=O)CSc2ccccc21)NCc1ccc(F)cc1Cl. The second kappa shape index (κ2) is 7.23. The Morgan fingerprint density at radius 1 is 1.29 bits per heavy atom. The number of amides is 2. The van der Waals surface area contributed by atoms with Gasteiger partial charge in [0.15, 0.2) is 0 Å². The summed E-state index contributed by atoms with van der Waals surface area (Å²) < 4.78 is 13.0. The third kappa shape index (κ3) is 3.71. The minimum absolute atomic E-state index is 0.0603. The quantitative estimate of drug-likeness (QED) is 0.906. The summed E-state index contributed by atoms with van der Waals surface area (Å²) in [5, 5.41) is 2.97. The molecule has 0 radical (unpaired) electrons. The van der Waals surface area contributed by atoms with Crippen molar-refractivity contribution in [3.63, 3.8) is 0 Å². The Balaban J connectivity index is 1.65. The lowest BCUT2D eigenvalue weighted by molar-refractivity contribution is -0.123. The maximum atomic E-state index is 13.0. The van der Waals surface area contributed by atoms with Crippen molar-refractivity contribution in [2.45, 2.75) is 11.4 Å². The number of hydrogen-bond acceptors (Lipinski definition) is 3. The number of nitrogens with one attached hydrogen (secondary N) is 1. The van der Waals surface area contributed by atoms with Crippen LogP contribution in [0.2, 0.25) is 5.02 Å². The number of halogens is 2. The van der Waals surface area contributed by atoms with Gasteiger partial charge in [-0.25, -0.2) is 4.39 Å². The summed E-state index contributed by atoms with van der Waals surface area (Å²) in [5.74, 6) is -0.518. The molecule has 0 saturated heterocycles. The van der Waals surface area contributed by atoms with E-state index < -0.39 is 5.82 Å². The first-order valence-corrected chi connectivity index (χ1v) is 8.64. The standard InChI is InChI=1S/C17H14ClFN2O2S/c18-13-7-12(19)6-5-11(13)8-20-16(22)9-21-14-3-1-2-4-15(14)24-10-17(21)23/h1-7H,8-10H2,(H,20,22). The van der Waals surface area contributed by atoms with Gasteiger partial charge in [-0.2, -0.15) is 0 Å². The fourth-order valence-corrected chi connectivity index (χ4v) is 3.56. The minimum Gasteiger partial charge on any atom is -0.350 e. The van der Waals surface area contributed by atoms with Crippen LogP contribution in [0.4, 0.5) is 10.1 Å². The highest BCUT2D eigenvalue weighted by Gasteiger charge is 2.26. The third-order valence-corrected chi connectivity index (χ3v) is 5.00. The molecular formula is C17H14ClFN2O2S. The van der Waals surface area contributed by atoms with E-state index in [1.54, 1.807) is 0 Å². The number of para-hydroxylation sites is 1. The molecule has 0 bridgehead atoms. The van der Waals surface area contributed by atoms with Gasteiger partial charge in [0.25, 0.3) is 0 Å². The molecule has 0 unspecified atom stereocenters. The van der Waals surface area contributed by atoms with E-state index in [-0.39, 0.29) is 29.9 Å². The van der Waals surface area contributed by atoms with Crippen LogP contribution >= 0.6 is 23.4 Å². The van der Waals surface area contributed by atoms with Gasteiger partial charge in [-0.3, -0.25) is 9.59 Å². The largest absolute Gasteiger partial charge is 0.350 e. The van der Waals surface area contributed by atoms with Crippen LogP contribution in [0.5, 0.6) is 0 Å². The number of fused-ring (bicyclic) bond motifs is 1. The average Bonchev–Trinajstić information content (AvgIpc) is 2.57. The first-order valence-electron chi connectivity index (χ1n) is 7.27. The number of rotatable bonds is 4. The smallest absolute Gasteiger partial charge is 0.240 e. The Morgan fingerprint density at radius 3 is 2.88 bits per heavy atom. The van der Waals surface area contributed by atoms with Crippen molar-refractivity contribution in [3.05, 3.63) is 58.9 Å². The van der Waals surface area contributed by atoms with Crippen molar-refractivity contribution >= 4 is 40.9 Å². The van der Waals surface area contributed by atoms with Crippen LogP contribution in [0.15, 0.2) is 47.4 Å². The van der Waals surface area contributed by atoms with Gasteiger partial charge in [-0.1, -0.05) is 29.8 Å². The molecule has 124 valence electrons. The first-order chi connectivity index (χ1) is 11.5. The number of benzene rings is 2. The van der Waals surface area contributed by atoms with Crippen LogP contribution in [-0.2, 0) is 16.1 Å². The monoisotopic (exact) mass is 364 g/mol. The Labute approximate surface area is 148 Å². The molecule has 0 atom stereocenters. The fourth-order valence-electron chi connectivity index (χ4n) is 2.39. The van der Waals surface area contributed by atoms with Gasteiger partial charge >= 0.3 is 0 Å². The zero-order chi connectivity index (χ0) is 17.1. The molecule has 4 nitrogen and oxygen atoms in total. The van der Waals surface area contributed by atoms with E-state index in [2.05, 4.69) is 5.32 Å². The number of nitrogens with zero attached hydrogens (tertiary/aromatic N) is 1. The van der Waals surface area contributed by atoms with Gasteiger partial charge in [-0.05, 0) is 29.8 Å². The molecule has 1 aliphatic rings. The second-order valence-electron chi connectivity index (χ2n) is 5.25. The molecule has 0 fully saturated rings. The van der Waals surface area contributed by atoms with Gasteiger partial charge in [0.2, 0.25) is 11.8 Å². The highest BCUT2D eigenvalue weighted by atomic mass is 35.5. The van der Waals surface area contributed by atoms with E-state index in [0.717, 1.165) is 10.6 Å². The summed E-state index contributed by atoms with van der Waals surface area (Å²) in [4.78, 5) is 26.8. The average molecular weight is 365 g/mol. The Hall–Kier alpha value is -2.05. The number of carbonyl (C=O) groups is 2.